The molecule has 0 amide bonds. The molecule has 1 aromatic heterocycles. The highest BCUT2D eigenvalue weighted by Gasteiger charge is 2.32. The molecule has 2 nitrogen and oxygen atoms in total. The van der Waals surface area contributed by atoms with Crippen molar-refractivity contribution in [1.82, 2.24) is 4.98 Å². The van der Waals surface area contributed by atoms with Crippen molar-refractivity contribution in [2.45, 2.75) is 61.8 Å². The molecular weight excluding hydrogens is 234 g/mol. The average Bonchev–Trinajstić information content (AvgIpc) is 2.24. The van der Waals surface area contributed by atoms with E-state index in [-0.39, 0.29) is 11.2 Å². The molecule has 1 heterocycles. The third-order valence-corrected chi connectivity index (χ3v) is 3.94. The van der Waals surface area contributed by atoms with Gasteiger partial charge in [-0.15, -0.1) is 0 Å². The van der Waals surface area contributed by atoms with Crippen molar-refractivity contribution in [2.75, 3.05) is 0 Å². The Kier molecular flexibility index (Phi) is 4.54. The van der Waals surface area contributed by atoms with Gasteiger partial charge in [0.15, 0.2) is 5.78 Å². The standard InChI is InChI=1S/C17H27NO/c1-10(2)9-17(7,8)16(19)15-12(4)11(3)13(5)18-14(15)6/h10H,9H2,1-8H3. The van der Waals surface area contributed by atoms with Gasteiger partial charge in [0.05, 0.1) is 0 Å². The second-order valence-electron chi connectivity index (χ2n) is 6.72. The summed E-state index contributed by atoms with van der Waals surface area (Å²) in [4.78, 5) is 17.4. The van der Waals surface area contributed by atoms with Crippen LogP contribution >= 0.6 is 0 Å². The fraction of sp³-hybridized carbons (Fsp3) is 0.647. The number of carbonyl (C=O) groups is 1. The van der Waals surface area contributed by atoms with E-state index in [1.807, 2.05) is 41.5 Å². The predicted octanol–water partition coefficient (Wildman–Crippen LogP) is 4.57. The van der Waals surface area contributed by atoms with Gasteiger partial charge in [-0.3, -0.25) is 9.78 Å². The number of ketones is 1. The van der Waals surface area contributed by atoms with Crippen LogP contribution in [0.3, 0.4) is 0 Å². The van der Waals surface area contributed by atoms with Crippen LogP contribution in [-0.4, -0.2) is 10.8 Å². The highest BCUT2D eigenvalue weighted by Crippen LogP contribution is 2.32. The number of aryl methyl sites for hydroxylation is 2. The van der Waals surface area contributed by atoms with Crippen LogP contribution < -0.4 is 0 Å². The van der Waals surface area contributed by atoms with E-state index in [4.69, 9.17) is 0 Å². The number of hydrogen-bond donors (Lipinski definition) is 0. The molecule has 0 bridgehead atoms. The van der Waals surface area contributed by atoms with Gasteiger partial charge in [-0.2, -0.15) is 0 Å². The van der Waals surface area contributed by atoms with Crippen LogP contribution in [0, 0.1) is 39.0 Å². The molecule has 0 spiro atoms. The van der Waals surface area contributed by atoms with Gasteiger partial charge in [-0.25, -0.2) is 0 Å². The maximum absolute atomic E-state index is 12.9. The molecule has 106 valence electrons. The van der Waals surface area contributed by atoms with Gasteiger partial charge in [0, 0.05) is 22.4 Å². The van der Waals surface area contributed by atoms with E-state index in [9.17, 15) is 4.79 Å². The molecule has 19 heavy (non-hydrogen) atoms. The quantitative estimate of drug-likeness (QED) is 0.743. The molecule has 0 saturated heterocycles. The summed E-state index contributed by atoms with van der Waals surface area (Å²) >= 11 is 0. The minimum Gasteiger partial charge on any atom is -0.293 e. The maximum Gasteiger partial charge on any atom is 0.170 e. The molecule has 0 atom stereocenters. The van der Waals surface area contributed by atoms with Crippen molar-refractivity contribution in [3.63, 3.8) is 0 Å². The van der Waals surface area contributed by atoms with Crippen LogP contribution in [0.2, 0.25) is 0 Å². The minimum atomic E-state index is -0.326. The predicted molar refractivity (Wildman–Crippen MR) is 80.8 cm³/mol. The largest absolute Gasteiger partial charge is 0.293 e. The van der Waals surface area contributed by atoms with Crippen LogP contribution in [0.15, 0.2) is 0 Å². The molecule has 1 rings (SSSR count). The van der Waals surface area contributed by atoms with Gasteiger partial charge in [0.25, 0.3) is 0 Å². The molecule has 0 unspecified atom stereocenters. The van der Waals surface area contributed by atoms with Gasteiger partial charge in [0.2, 0.25) is 0 Å². The Bertz CT molecular complexity index is 498. The smallest absolute Gasteiger partial charge is 0.170 e. The minimum absolute atomic E-state index is 0.229. The molecule has 0 N–H and O–H groups in total. The summed E-state index contributed by atoms with van der Waals surface area (Å²) in [5, 5.41) is 0. The molecule has 1 aromatic rings. The number of hydrogen-bond acceptors (Lipinski definition) is 2. The van der Waals surface area contributed by atoms with Crippen LogP contribution in [0.1, 0.15) is 67.0 Å². The maximum atomic E-state index is 12.9. The molecule has 0 radical (unpaired) electrons. The lowest BCUT2D eigenvalue weighted by molar-refractivity contribution is 0.0806. The molecule has 0 aromatic carbocycles. The Balaban J connectivity index is 3.31. The zero-order valence-corrected chi connectivity index (χ0v) is 13.6. The fourth-order valence-corrected chi connectivity index (χ4v) is 2.91. The zero-order valence-electron chi connectivity index (χ0n) is 13.6. The van der Waals surface area contributed by atoms with Crippen LogP contribution in [-0.2, 0) is 0 Å². The van der Waals surface area contributed by atoms with Crippen molar-refractivity contribution in [3.05, 3.63) is 28.1 Å². The fourth-order valence-electron chi connectivity index (χ4n) is 2.91. The molecule has 0 aliphatic rings. The summed E-state index contributed by atoms with van der Waals surface area (Å²) in [6.07, 6.45) is 0.900. The lowest BCUT2D eigenvalue weighted by Gasteiger charge is -2.27. The first-order valence-corrected chi connectivity index (χ1v) is 7.07. The van der Waals surface area contributed by atoms with E-state index < -0.39 is 0 Å². The van der Waals surface area contributed by atoms with Gasteiger partial charge in [-0.05, 0) is 51.2 Å². The van der Waals surface area contributed by atoms with Crippen LogP contribution in [0.5, 0.6) is 0 Å². The Hall–Kier alpha value is -1.18. The third-order valence-electron chi connectivity index (χ3n) is 3.94. The molecular formula is C17H27NO. The highest BCUT2D eigenvalue weighted by molar-refractivity contribution is 6.02. The zero-order chi connectivity index (χ0) is 15.0. The normalized spacial score (nSPS) is 12.1. The van der Waals surface area contributed by atoms with Crippen molar-refractivity contribution in [2.24, 2.45) is 11.3 Å². The Morgan fingerprint density at radius 1 is 1.05 bits per heavy atom. The summed E-state index contributed by atoms with van der Waals surface area (Å²) in [7, 11) is 0. The first-order valence-electron chi connectivity index (χ1n) is 7.07. The molecule has 2 heteroatoms. The van der Waals surface area contributed by atoms with Crippen molar-refractivity contribution < 1.29 is 4.79 Å². The van der Waals surface area contributed by atoms with Crippen LogP contribution in [0.4, 0.5) is 0 Å². The van der Waals surface area contributed by atoms with Gasteiger partial charge < -0.3 is 0 Å². The Labute approximate surface area is 117 Å². The van der Waals surface area contributed by atoms with Crippen molar-refractivity contribution in [1.29, 1.82) is 0 Å². The van der Waals surface area contributed by atoms with Crippen molar-refractivity contribution in [3.8, 4) is 0 Å². The van der Waals surface area contributed by atoms with E-state index in [2.05, 4.69) is 18.8 Å². The second-order valence-corrected chi connectivity index (χ2v) is 6.72. The molecule has 0 saturated carbocycles. The Morgan fingerprint density at radius 3 is 2.05 bits per heavy atom. The average molecular weight is 261 g/mol. The van der Waals surface area contributed by atoms with E-state index in [0.717, 1.165) is 34.5 Å². The van der Waals surface area contributed by atoms with E-state index in [1.165, 1.54) is 0 Å². The Morgan fingerprint density at radius 2 is 1.58 bits per heavy atom. The summed E-state index contributed by atoms with van der Waals surface area (Å²) in [6.45, 7) is 16.4. The highest BCUT2D eigenvalue weighted by atomic mass is 16.1. The van der Waals surface area contributed by atoms with E-state index in [0.29, 0.717) is 5.92 Å². The summed E-state index contributed by atoms with van der Waals surface area (Å²) in [5.74, 6) is 0.742. The second kappa shape index (κ2) is 5.44. The number of pyridine rings is 1. The van der Waals surface area contributed by atoms with E-state index >= 15 is 0 Å². The third kappa shape index (κ3) is 3.23. The lowest BCUT2D eigenvalue weighted by atomic mass is 9.76. The monoisotopic (exact) mass is 261 g/mol. The van der Waals surface area contributed by atoms with E-state index in [1.54, 1.807) is 0 Å². The molecule has 0 aliphatic carbocycles. The topological polar surface area (TPSA) is 30.0 Å². The lowest BCUT2D eigenvalue weighted by Crippen LogP contribution is -2.28. The summed E-state index contributed by atoms with van der Waals surface area (Å²) in [6, 6.07) is 0. The van der Waals surface area contributed by atoms with Gasteiger partial charge in [-0.1, -0.05) is 27.7 Å². The summed E-state index contributed by atoms with van der Waals surface area (Å²) in [5.41, 5.74) is 4.61. The van der Waals surface area contributed by atoms with Crippen molar-refractivity contribution >= 4 is 5.78 Å². The van der Waals surface area contributed by atoms with Gasteiger partial charge in [0.1, 0.15) is 0 Å². The number of aromatic nitrogens is 1. The molecule has 0 fully saturated rings. The molecule has 0 aliphatic heterocycles. The number of rotatable bonds is 4. The number of Topliss-reactive ketones (excluding diaryl/α,β-unsaturated/α-hetero) is 1. The number of carbonyl (C=O) groups excluding carboxylic acids is 1. The SMILES string of the molecule is Cc1nc(C)c(C(=O)C(C)(C)CC(C)C)c(C)c1C. The first-order chi connectivity index (χ1) is 8.58. The summed E-state index contributed by atoms with van der Waals surface area (Å²) < 4.78 is 0. The van der Waals surface area contributed by atoms with Gasteiger partial charge >= 0.3 is 0 Å². The van der Waals surface area contributed by atoms with Crippen LogP contribution in [0.25, 0.3) is 0 Å². The number of nitrogens with zero attached hydrogens (tertiary/aromatic N) is 1. The first kappa shape index (κ1) is 15.9.